The fourth-order valence-electron chi connectivity index (χ4n) is 3.05. The number of carbonyl (C=O) groups is 2. The van der Waals surface area contributed by atoms with Crippen LogP contribution in [0.25, 0.3) is 0 Å². The van der Waals surface area contributed by atoms with E-state index in [9.17, 15) is 18.0 Å². The summed E-state index contributed by atoms with van der Waals surface area (Å²) in [5, 5.41) is 2.86. The number of hydrogen-bond acceptors (Lipinski definition) is 5. The third-order valence-electron chi connectivity index (χ3n) is 4.67. The lowest BCUT2D eigenvalue weighted by Gasteiger charge is -2.29. The van der Waals surface area contributed by atoms with Crippen LogP contribution in [0.15, 0.2) is 41.8 Å². The quantitative estimate of drug-likeness (QED) is 0.783. The molecule has 1 aromatic heterocycles. The number of anilines is 1. The van der Waals surface area contributed by atoms with E-state index in [0.717, 1.165) is 0 Å². The molecule has 0 bridgehead atoms. The van der Waals surface area contributed by atoms with Gasteiger partial charge in [-0.15, -0.1) is 0 Å². The molecule has 3 rings (SSSR count). The second kappa shape index (κ2) is 7.61. The normalized spacial score (nSPS) is 16.2. The molecule has 0 unspecified atom stereocenters. The number of imidazole rings is 1. The number of carbonyl (C=O) groups excluding carboxylic acids is 2. The minimum absolute atomic E-state index is 0.0264. The fraction of sp³-hybridized carbons (Fsp3) is 0.389. The highest BCUT2D eigenvalue weighted by Crippen LogP contribution is 2.24. The average molecular weight is 390 g/mol. The first-order chi connectivity index (χ1) is 12.8. The van der Waals surface area contributed by atoms with Crippen LogP contribution >= 0.6 is 0 Å². The Balaban J connectivity index is 1.58. The minimum atomic E-state index is -3.62. The Morgan fingerprint density at radius 1 is 1.15 bits per heavy atom. The Morgan fingerprint density at radius 3 is 2.30 bits per heavy atom. The predicted molar refractivity (Wildman–Crippen MR) is 99.8 cm³/mol. The molecule has 0 spiro atoms. The van der Waals surface area contributed by atoms with Crippen LogP contribution in [0.4, 0.5) is 5.69 Å². The maximum Gasteiger partial charge on any atom is 0.262 e. The molecule has 1 fully saturated rings. The molecule has 27 heavy (non-hydrogen) atoms. The lowest BCUT2D eigenvalue weighted by atomic mass is 9.97. The van der Waals surface area contributed by atoms with Crippen LogP contribution in [-0.4, -0.2) is 47.1 Å². The topological polar surface area (TPSA) is 101 Å². The summed E-state index contributed by atoms with van der Waals surface area (Å²) < 4.78 is 28.1. The number of amides is 1. The Labute approximate surface area is 158 Å². The molecule has 9 heteroatoms. The number of Topliss-reactive ketones (excluding diaryl/α,β-unsaturated/α-hetero) is 1. The van der Waals surface area contributed by atoms with E-state index >= 15 is 0 Å². The molecule has 1 aromatic carbocycles. The lowest BCUT2D eigenvalue weighted by Crippen LogP contribution is -2.41. The molecule has 1 aliphatic rings. The van der Waals surface area contributed by atoms with E-state index in [4.69, 9.17) is 0 Å². The van der Waals surface area contributed by atoms with Crippen molar-refractivity contribution >= 4 is 27.4 Å². The van der Waals surface area contributed by atoms with Crippen molar-refractivity contribution in [3.8, 4) is 0 Å². The standard InChI is InChI=1S/C18H22N4O4S/c1-13(23)14-3-5-16(6-4-14)20-18(24)15-7-9-22(10-8-15)27(25,26)17-11-21(2)12-19-17/h3-6,11-12,15H,7-10H2,1-2H3,(H,20,24). The molecule has 1 saturated heterocycles. The zero-order valence-corrected chi connectivity index (χ0v) is 16.1. The minimum Gasteiger partial charge on any atom is -0.339 e. The van der Waals surface area contributed by atoms with Gasteiger partial charge in [0.25, 0.3) is 10.0 Å². The van der Waals surface area contributed by atoms with Gasteiger partial charge in [-0.25, -0.2) is 13.4 Å². The van der Waals surface area contributed by atoms with E-state index in [-0.39, 0.29) is 35.7 Å². The summed E-state index contributed by atoms with van der Waals surface area (Å²) in [4.78, 5) is 27.7. The van der Waals surface area contributed by atoms with E-state index in [1.165, 1.54) is 23.8 Å². The number of nitrogens with one attached hydrogen (secondary N) is 1. The van der Waals surface area contributed by atoms with E-state index in [1.807, 2.05) is 0 Å². The zero-order chi connectivity index (χ0) is 19.6. The number of nitrogens with zero attached hydrogens (tertiary/aromatic N) is 3. The van der Waals surface area contributed by atoms with E-state index < -0.39 is 10.0 Å². The monoisotopic (exact) mass is 390 g/mol. The van der Waals surface area contributed by atoms with Gasteiger partial charge in [0.1, 0.15) is 0 Å². The van der Waals surface area contributed by atoms with Crippen LogP contribution in [0.5, 0.6) is 0 Å². The van der Waals surface area contributed by atoms with Crippen molar-refractivity contribution in [2.45, 2.75) is 24.8 Å². The number of hydrogen-bond donors (Lipinski definition) is 1. The Bertz CT molecular complexity index is 942. The first-order valence-corrected chi connectivity index (χ1v) is 10.1. The van der Waals surface area contributed by atoms with Crippen molar-refractivity contribution in [3.63, 3.8) is 0 Å². The molecule has 8 nitrogen and oxygen atoms in total. The van der Waals surface area contributed by atoms with Crippen LogP contribution < -0.4 is 5.32 Å². The van der Waals surface area contributed by atoms with Gasteiger partial charge in [-0.05, 0) is 44.0 Å². The maximum atomic E-state index is 12.6. The lowest BCUT2D eigenvalue weighted by molar-refractivity contribution is -0.120. The smallest absolute Gasteiger partial charge is 0.262 e. The Hall–Kier alpha value is -2.52. The average Bonchev–Trinajstić information content (AvgIpc) is 3.09. The van der Waals surface area contributed by atoms with Gasteiger partial charge in [0.2, 0.25) is 5.91 Å². The zero-order valence-electron chi connectivity index (χ0n) is 15.3. The summed E-state index contributed by atoms with van der Waals surface area (Å²) in [6.45, 7) is 2.04. The number of piperidine rings is 1. The first kappa shape index (κ1) is 19.2. The van der Waals surface area contributed by atoms with Crippen molar-refractivity contribution in [1.82, 2.24) is 13.9 Å². The molecule has 0 aliphatic carbocycles. The van der Waals surface area contributed by atoms with Crippen molar-refractivity contribution in [2.75, 3.05) is 18.4 Å². The molecule has 144 valence electrons. The first-order valence-electron chi connectivity index (χ1n) is 8.67. The van der Waals surface area contributed by atoms with Crippen LogP contribution in [0.2, 0.25) is 0 Å². The van der Waals surface area contributed by atoms with Gasteiger partial charge < -0.3 is 9.88 Å². The molecular weight excluding hydrogens is 368 g/mol. The highest BCUT2D eigenvalue weighted by atomic mass is 32.2. The molecular formula is C18H22N4O4S. The number of aryl methyl sites for hydroxylation is 1. The number of benzene rings is 1. The molecule has 1 amide bonds. The summed E-state index contributed by atoms with van der Waals surface area (Å²) in [5.41, 5.74) is 1.20. The van der Waals surface area contributed by atoms with Gasteiger partial charge in [0, 0.05) is 43.5 Å². The second-order valence-corrected chi connectivity index (χ2v) is 8.56. The third kappa shape index (κ3) is 4.25. The van der Waals surface area contributed by atoms with Crippen molar-refractivity contribution in [3.05, 3.63) is 42.4 Å². The largest absolute Gasteiger partial charge is 0.339 e. The Morgan fingerprint density at radius 2 is 1.78 bits per heavy atom. The van der Waals surface area contributed by atoms with E-state index in [0.29, 0.717) is 24.1 Å². The van der Waals surface area contributed by atoms with Crippen molar-refractivity contribution in [2.24, 2.45) is 13.0 Å². The van der Waals surface area contributed by atoms with Gasteiger partial charge in [0.05, 0.1) is 6.33 Å². The number of rotatable bonds is 5. The molecule has 2 aromatic rings. The fourth-order valence-corrected chi connectivity index (χ4v) is 4.48. The van der Waals surface area contributed by atoms with Crippen molar-refractivity contribution < 1.29 is 18.0 Å². The van der Waals surface area contributed by atoms with Crippen LogP contribution in [-0.2, 0) is 21.9 Å². The van der Waals surface area contributed by atoms with Crippen molar-refractivity contribution in [1.29, 1.82) is 0 Å². The number of aromatic nitrogens is 2. The van der Waals surface area contributed by atoms with Gasteiger partial charge >= 0.3 is 0 Å². The van der Waals surface area contributed by atoms with Crippen LogP contribution in [0, 0.1) is 5.92 Å². The number of ketones is 1. The molecule has 0 atom stereocenters. The summed E-state index contributed by atoms with van der Waals surface area (Å²) in [7, 11) is -1.91. The van der Waals surface area contributed by atoms with Gasteiger partial charge in [0.15, 0.2) is 10.8 Å². The highest BCUT2D eigenvalue weighted by Gasteiger charge is 2.33. The molecule has 0 radical (unpaired) electrons. The van der Waals surface area contributed by atoms with Crippen LogP contribution in [0.1, 0.15) is 30.1 Å². The SMILES string of the molecule is CC(=O)c1ccc(NC(=O)C2CCN(S(=O)(=O)c3cn(C)cn3)CC2)cc1. The van der Waals surface area contributed by atoms with Gasteiger partial charge in [-0.1, -0.05) is 0 Å². The summed E-state index contributed by atoms with van der Waals surface area (Å²) >= 11 is 0. The second-order valence-electron chi connectivity index (χ2n) is 6.68. The van der Waals surface area contributed by atoms with Gasteiger partial charge in [-0.2, -0.15) is 4.31 Å². The molecule has 0 saturated carbocycles. The van der Waals surface area contributed by atoms with Gasteiger partial charge in [-0.3, -0.25) is 9.59 Å². The summed E-state index contributed by atoms with van der Waals surface area (Å²) in [6.07, 6.45) is 3.82. The van der Waals surface area contributed by atoms with E-state index in [2.05, 4.69) is 10.3 Å². The Kier molecular flexibility index (Phi) is 5.43. The molecule has 2 heterocycles. The van der Waals surface area contributed by atoms with E-state index in [1.54, 1.807) is 35.9 Å². The molecule has 1 aliphatic heterocycles. The highest BCUT2D eigenvalue weighted by molar-refractivity contribution is 7.89. The molecule has 1 N–H and O–H groups in total. The van der Waals surface area contributed by atoms with Crippen LogP contribution in [0.3, 0.4) is 0 Å². The summed E-state index contributed by atoms with van der Waals surface area (Å²) in [5.74, 6) is -0.428. The summed E-state index contributed by atoms with van der Waals surface area (Å²) in [6, 6.07) is 6.71. The third-order valence-corrected chi connectivity index (χ3v) is 6.45. The number of sulfonamides is 1. The predicted octanol–water partition coefficient (Wildman–Crippen LogP) is 1.66. The maximum absolute atomic E-state index is 12.6.